The van der Waals surface area contributed by atoms with Crippen LogP contribution in [0.2, 0.25) is 0 Å². The predicted molar refractivity (Wildman–Crippen MR) is 87.2 cm³/mol. The van der Waals surface area contributed by atoms with E-state index in [0.717, 1.165) is 51.0 Å². The van der Waals surface area contributed by atoms with Crippen molar-refractivity contribution >= 4 is 11.9 Å². The van der Waals surface area contributed by atoms with Gasteiger partial charge in [-0.2, -0.15) is 0 Å². The summed E-state index contributed by atoms with van der Waals surface area (Å²) in [5.41, 5.74) is 5.44. The number of piperidine rings is 1. The molecule has 7 heteroatoms. The third kappa shape index (κ3) is 3.49. The van der Waals surface area contributed by atoms with Crippen LogP contribution in [0.4, 0.5) is 5.95 Å². The number of rotatable bonds is 5. The first-order chi connectivity index (χ1) is 11.1. The number of hydrogen-bond donors (Lipinski definition) is 1. The Morgan fingerprint density at radius 2 is 2.00 bits per heavy atom. The summed E-state index contributed by atoms with van der Waals surface area (Å²) in [7, 11) is 0. The topological polar surface area (TPSA) is 86.3 Å². The number of carbonyl (C=O) groups is 1. The van der Waals surface area contributed by atoms with Gasteiger partial charge in [0.05, 0.1) is 0 Å². The highest BCUT2D eigenvalue weighted by atomic mass is 16.5. The summed E-state index contributed by atoms with van der Waals surface area (Å²) in [6.45, 7) is 8.67. The van der Waals surface area contributed by atoms with E-state index in [1.165, 1.54) is 6.42 Å². The molecule has 1 aromatic rings. The minimum absolute atomic E-state index is 0.264. The molecule has 7 nitrogen and oxygen atoms in total. The standard InChI is InChI=1S/C16H27N5O2/c1-11(2)9-21-15(14(17)22)18-19-16(21)20-6-3-12(4-7-20)13-5-8-23-10-13/h11-13H,3-10H2,1-2H3,(H2,17,22). The van der Waals surface area contributed by atoms with E-state index in [-0.39, 0.29) is 5.82 Å². The van der Waals surface area contributed by atoms with Crippen LogP contribution < -0.4 is 10.6 Å². The molecule has 128 valence electrons. The van der Waals surface area contributed by atoms with Crippen LogP contribution in [-0.2, 0) is 11.3 Å². The average Bonchev–Trinajstić information content (AvgIpc) is 3.16. The molecule has 2 saturated heterocycles. The van der Waals surface area contributed by atoms with E-state index in [1.54, 1.807) is 0 Å². The molecule has 1 atom stereocenters. The van der Waals surface area contributed by atoms with E-state index in [1.807, 2.05) is 4.57 Å². The van der Waals surface area contributed by atoms with Crippen LogP contribution >= 0.6 is 0 Å². The lowest BCUT2D eigenvalue weighted by Gasteiger charge is -2.35. The molecule has 1 amide bonds. The monoisotopic (exact) mass is 321 g/mol. The van der Waals surface area contributed by atoms with E-state index < -0.39 is 5.91 Å². The van der Waals surface area contributed by atoms with Gasteiger partial charge in [0.25, 0.3) is 5.91 Å². The van der Waals surface area contributed by atoms with E-state index >= 15 is 0 Å². The van der Waals surface area contributed by atoms with Crippen molar-refractivity contribution in [2.24, 2.45) is 23.5 Å². The fourth-order valence-corrected chi connectivity index (χ4v) is 3.74. The minimum atomic E-state index is -0.512. The molecule has 23 heavy (non-hydrogen) atoms. The van der Waals surface area contributed by atoms with Crippen LogP contribution in [0.1, 0.15) is 43.7 Å². The first kappa shape index (κ1) is 16.2. The molecule has 2 aliphatic heterocycles. The SMILES string of the molecule is CC(C)Cn1c(C(N)=O)nnc1N1CCC(C2CCOC2)CC1. The lowest BCUT2D eigenvalue weighted by Crippen LogP contribution is -2.38. The van der Waals surface area contributed by atoms with Crippen molar-refractivity contribution in [3.63, 3.8) is 0 Å². The van der Waals surface area contributed by atoms with Gasteiger partial charge in [-0.05, 0) is 37.0 Å². The maximum atomic E-state index is 11.6. The molecule has 0 aliphatic carbocycles. The van der Waals surface area contributed by atoms with E-state index in [4.69, 9.17) is 10.5 Å². The summed E-state index contributed by atoms with van der Waals surface area (Å²) in [5, 5.41) is 8.27. The number of carbonyl (C=O) groups excluding carboxylic acids is 1. The van der Waals surface area contributed by atoms with Gasteiger partial charge in [-0.25, -0.2) is 0 Å². The Balaban J connectivity index is 1.71. The summed E-state index contributed by atoms with van der Waals surface area (Å²) in [5.74, 6) is 2.39. The maximum Gasteiger partial charge on any atom is 0.286 e. The van der Waals surface area contributed by atoms with Crippen LogP contribution in [0.5, 0.6) is 0 Å². The molecule has 2 N–H and O–H groups in total. The zero-order valence-electron chi connectivity index (χ0n) is 14.1. The molecule has 2 aliphatic rings. The predicted octanol–water partition coefficient (Wildman–Crippen LogP) is 1.29. The Labute approximate surface area is 137 Å². The van der Waals surface area contributed by atoms with Gasteiger partial charge >= 0.3 is 0 Å². The number of primary amides is 1. The summed E-state index contributed by atoms with van der Waals surface area (Å²) in [6.07, 6.45) is 3.49. The molecule has 0 radical (unpaired) electrons. The first-order valence-corrected chi connectivity index (χ1v) is 8.62. The Morgan fingerprint density at radius 3 is 2.57 bits per heavy atom. The highest BCUT2D eigenvalue weighted by molar-refractivity contribution is 5.89. The fourth-order valence-electron chi connectivity index (χ4n) is 3.74. The van der Waals surface area contributed by atoms with E-state index in [2.05, 4.69) is 28.9 Å². The highest BCUT2D eigenvalue weighted by Gasteiger charge is 2.31. The second kappa shape index (κ2) is 6.86. The van der Waals surface area contributed by atoms with E-state index in [9.17, 15) is 4.79 Å². The molecule has 0 bridgehead atoms. The second-order valence-electron chi connectivity index (χ2n) is 7.14. The zero-order valence-corrected chi connectivity index (χ0v) is 14.1. The number of nitrogens with two attached hydrogens (primary N) is 1. The van der Waals surface area contributed by atoms with Gasteiger partial charge in [0, 0.05) is 32.8 Å². The van der Waals surface area contributed by atoms with Crippen LogP contribution in [-0.4, -0.2) is 47.0 Å². The van der Waals surface area contributed by atoms with Crippen molar-refractivity contribution in [3.05, 3.63) is 5.82 Å². The van der Waals surface area contributed by atoms with Gasteiger partial charge in [-0.1, -0.05) is 13.8 Å². The third-order valence-corrected chi connectivity index (χ3v) is 4.95. The fraction of sp³-hybridized carbons (Fsp3) is 0.812. The third-order valence-electron chi connectivity index (χ3n) is 4.95. The maximum absolute atomic E-state index is 11.6. The number of ether oxygens (including phenoxy) is 1. The largest absolute Gasteiger partial charge is 0.381 e. The lowest BCUT2D eigenvalue weighted by molar-refractivity contribution is 0.0985. The highest BCUT2D eigenvalue weighted by Crippen LogP contribution is 2.32. The van der Waals surface area contributed by atoms with E-state index in [0.29, 0.717) is 18.4 Å². The van der Waals surface area contributed by atoms with Gasteiger partial charge in [0.1, 0.15) is 0 Å². The van der Waals surface area contributed by atoms with Gasteiger partial charge in [-0.3, -0.25) is 9.36 Å². The second-order valence-corrected chi connectivity index (χ2v) is 7.14. The van der Waals surface area contributed by atoms with Crippen molar-refractivity contribution in [3.8, 4) is 0 Å². The number of hydrogen-bond acceptors (Lipinski definition) is 5. The minimum Gasteiger partial charge on any atom is -0.381 e. The van der Waals surface area contributed by atoms with Crippen LogP contribution in [0.25, 0.3) is 0 Å². The number of anilines is 1. The summed E-state index contributed by atoms with van der Waals surface area (Å²) < 4.78 is 7.40. The number of nitrogens with zero attached hydrogens (tertiary/aromatic N) is 4. The Hall–Kier alpha value is -1.63. The molecule has 1 unspecified atom stereocenters. The molecule has 3 rings (SSSR count). The van der Waals surface area contributed by atoms with Crippen molar-refractivity contribution < 1.29 is 9.53 Å². The average molecular weight is 321 g/mol. The van der Waals surface area contributed by atoms with Crippen molar-refractivity contribution in [2.75, 3.05) is 31.2 Å². The molecule has 0 saturated carbocycles. The Kier molecular flexibility index (Phi) is 4.84. The molecular formula is C16H27N5O2. The van der Waals surface area contributed by atoms with Gasteiger partial charge in [0.15, 0.2) is 0 Å². The van der Waals surface area contributed by atoms with Gasteiger partial charge < -0.3 is 15.4 Å². The van der Waals surface area contributed by atoms with Crippen molar-refractivity contribution in [1.29, 1.82) is 0 Å². The molecule has 0 spiro atoms. The molecule has 2 fully saturated rings. The molecule has 0 aromatic carbocycles. The van der Waals surface area contributed by atoms with Crippen molar-refractivity contribution in [2.45, 2.75) is 39.7 Å². The smallest absolute Gasteiger partial charge is 0.286 e. The zero-order chi connectivity index (χ0) is 16.4. The summed E-state index contributed by atoms with van der Waals surface area (Å²) >= 11 is 0. The molecular weight excluding hydrogens is 294 g/mol. The summed E-state index contributed by atoms with van der Waals surface area (Å²) in [4.78, 5) is 13.8. The first-order valence-electron chi connectivity index (χ1n) is 8.62. The number of aromatic nitrogens is 3. The van der Waals surface area contributed by atoms with Crippen LogP contribution in [0, 0.1) is 17.8 Å². The van der Waals surface area contributed by atoms with Crippen molar-refractivity contribution in [1.82, 2.24) is 14.8 Å². The number of amides is 1. The lowest BCUT2D eigenvalue weighted by atomic mass is 9.84. The quantitative estimate of drug-likeness (QED) is 0.883. The summed E-state index contributed by atoms with van der Waals surface area (Å²) in [6, 6.07) is 0. The molecule has 3 heterocycles. The van der Waals surface area contributed by atoms with Gasteiger partial charge in [0.2, 0.25) is 11.8 Å². The van der Waals surface area contributed by atoms with Gasteiger partial charge in [-0.15, -0.1) is 10.2 Å². The normalized spacial score (nSPS) is 22.9. The Bertz CT molecular complexity index is 543. The van der Waals surface area contributed by atoms with Crippen LogP contribution in [0.3, 0.4) is 0 Å². The van der Waals surface area contributed by atoms with Crippen LogP contribution in [0.15, 0.2) is 0 Å². The Morgan fingerprint density at radius 1 is 1.26 bits per heavy atom. The molecule has 1 aromatic heterocycles.